The molecule has 1 heterocycles. The fourth-order valence-corrected chi connectivity index (χ4v) is 3.94. The number of carbonyl (C=O) groups excluding carboxylic acids is 2. The topological polar surface area (TPSA) is 78.9 Å². The minimum Gasteiger partial charge on any atom is -0.506 e. The van der Waals surface area contributed by atoms with Crippen molar-refractivity contribution in [2.45, 2.75) is 13.0 Å². The lowest BCUT2D eigenvalue weighted by Gasteiger charge is -2.14. The van der Waals surface area contributed by atoms with E-state index in [0.29, 0.717) is 5.56 Å². The molecule has 10 heteroatoms. The number of carbonyl (C=O) groups is 2. The van der Waals surface area contributed by atoms with Crippen LogP contribution in [-0.2, 0) is 9.59 Å². The number of thiocarbonyl (C=S) groups is 1. The van der Waals surface area contributed by atoms with Crippen molar-refractivity contribution in [3.63, 3.8) is 0 Å². The number of ether oxygens (including phenoxy) is 1. The molecule has 0 saturated carbocycles. The van der Waals surface area contributed by atoms with Crippen LogP contribution in [0.25, 0.3) is 6.08 Å². The number of benzene rings is 2. The molecule has 1 saturated heterocycles. The lowest BCUT2D eigenvalue weighted by Crippen LogP contribution is -2.31. The third-order valence-electron chi connectivity index (χ3n) is 4.04. The molecule has 156 valence electrons. The highest BCUT2D eigenvalue weighted by atomic mass is 32.2. The van der Waals surface area contributed by atoms with Gasteiger partial charge in [0.1, 0.15) is 15.8 Å². The number of hydrogen-bond acceptors (Lipinski definition) is 6. The van der Waals surface area contributed by atoms with Crippen molar-refractivity contribution in [1.29, 1.82) is 0 Å². The smallest absolute Gasteiger partial charge is 0.387 e. The van der Waals surface area contributed by atoms with Gasteiger partial charge in [0.2, 0.25) is 5.91 Å². The predicted octanol–water partition coefficient (Wildman–Crippen LogP) is 4.22. The SMILES string of the molecule is O=C(CCN1C(=O)/C(=C/c2ccccc2OC(F)F)SC1=S)Nc1ccccc1O. The van der Waals surface area contributed by atoms with Gasteiger partial charge in [-0.2, -0.15) is 8.78 Å². The van der Waals surface area contributed by atoms with Crippen molar-refractivity contribution >= 4 is 51.9 Å². The second-order valence-electron chi connectivity index (χ2n) is 6.07. The Labute approximate surface area is 180 Å². The quantitative estimate of drug-likeness (QED) is 0.374. The zero-order chi connectivity index (χ0) is 21.7. The average molecular weight is 450 g/mol. The number of halogens is 2. The number of thioether (sulfide) groups is 1. The Balaban J connectivity index is 1.66. The normalized spacial score (nSPS) is 15.2. The Kier molecular flexibility index (Phi) is 7.01. The molecule has 0 aromatic heterocycles. The summed E-state index contributed by atoms with van der Waals surface area (Å²) in [7, 11) is 0. The van der Waals surface area contributed by atoms with Crippen LogP contribution >= 0.6 is 24.0 Å². The number of nitrogens with zero attached hydrogens (tertiary/aromatic N) is 1. The molecule has 0 spiro atoms. The van der Waals surface area contributed by atoms with Gasteiger partial charge in [-0.3, -0.25) is 14.5 Å². The van der Waals surface area contributed by atoms with Gasteiger partial charge in [0.15, 0.2) is 0 Å². The highest BCUT2D eigenvalue weighted by Crippen LogP contribution is 2.34. The number of phenols is 1. The first kappa shape index (κ1) is 21.7. The van der Waals surface area contributed by atoms with E-state index in [2.05, 4.69) is 10.1 Å². The second-order valence-corrected chi connectivity index (χ2v) is 7.74. The van der Waals surface area contributed by atoms with Gasteiger partial charge in [-0.15, -0.1) is 0 Å². The third-order valence-corrected chi connectivity index (χ3v) is 5.41. The maximum Gasteiger partial charge on any atom is 0.387 e. The third kappa shape index (κ3) is 5.33. The number of rotatable bonds is 7. The second kappa shape index (κ2) is 9.68. The Bertz CT molecular complexity index is 1010. The van der Waals surface area contributed by atoms with E-state index in [0.717, 1.165) is 11.8 Å². The molecule has 2 aromatic carbocycles. The van der Waals surface area contributed by atoms with Gasteiger partial charge in [-0.1, -0.05) is 54.3 Å². The zero-order valence-electron chi connectivity index (χ0n) is 15.4. The zero-order valence-corrected chi connectivity index (χ0v) is 17.0. The van der Waals surface area contributed by atoms with Crippen LogP contribution < -0.4 is 10.1 Å². The molecule has 0 atom stereocenters. The molecule has 0 bridgehead atoms. The van der Waals surface area contributed by atoms with Crippen molar-refractivity contribution in [3.8, 4) is 11.5 Å². The van der Waals surface area contributed by atoms with Crippen LogP contribution in [0, 0.1) is 0 Å². The van der Waals surface area contributed by atoms with Gasteiger partial charge in [0, 0.05) is 18.5 Å². The van der Waals surface area contributed by atoms with Gasteiger partial charge in [-0.05, 0) is 24.3 Å². The van der Waals surface area contributed by atoms with Crippen molar-refractivity contribution in [2.24, 2.45) is 0 Å². The monoisotopic (exact) mass is 450 g/mol. The molecule has 0 aliphatic carbocycles. The van der Waals surface area contributed by atoms with E-state index in [4.69, 9.17) is 12.2 Å². The molecule has 30 heavy (non-hydrogen) atoms. The predicted molar refractivity (Wildman–Crippen MR) is 114 cm³/mol. The summed E-state index contributed by atoms with van der Waals surface area (Å²) >= 11 is 6.24. The van der Waals surface area contributed by atoms with E-state index in [1.54, 1.807) is 36.4 Å². The number of amides is 2. The van der Waals surface area contributed by atoms with Crippen molar-refractivity contribution in [2.75, 3.05) is 11.9 Å². The number of nitrogens with one attached hydrogen (secondary N) is 1. The standard InChI is InChI=1S/C20H16F2N2O4S2/c21-19(22)28-15-8-4-1-5-12(15)11-16-18(27)24(20(29)30-16)10-9-17(26)23-13-6-2-3-7-14(13)25/h1-8,11,19,25H,9-10H2,(H,23,26)/b16-11-. The van der Waals surface area contributed by atoms with Crippen molar-refractivity contribution < 1.29 is 28.2 Å². The van der Waals surface area contributed by atoms with E-state index < -0.39 is 18.4 Å². The Morgan fingerprint density at radius 1 is 1.23 bits per heavy atom. The molecule has 0 unspecified atom stereocenters. The van der Waals surface area contributed by atoms with Crippen LogP contribution in [0.4, 0.5) is 14.5 Å². The summed E-state index contributed by atoms with van der Waals surface area (Å²) in [5.74, 6) is -0.943. The summed E-state index contributed by atoms with van der Waals surface area (Å²) in [4.78, 5) is 26.3. The molecule has 1 fully saturated rings. The molecule has 2 amide bonds. The van der Waals surface area contributed by atoms with Crippen molar-refractivity contribution in [1.82, 2.24) is 4.90 Å². The lowest BCUT2D eigenvalue weighted by atomic mass is 10.2. The number of anilines is 1. The highest BCUT2D eigenvalue weighted by Gasteiger charge is 2.32. The Hall–Kier alpha value is -2.98. The first-order chi connectivity index (χ1) is 14.3. The number of alkyl halides is 2. The van der Waals surface area contributed by atoms with E-state index in [1.165, 1.54) is 23.1 Å². The maximum atomic E-state index is 12.7. The first-order valence-corrected chi connectivity index (χ1v) is 9.94. The van der Waals surface area contributed by atoms with Crippen LogP contribution in [0.15, 0.2) is 53.4 Å². The Morgan fingerprint density at radius 3 is 2.67 bits per heavy atom. The minimum absolute atomic E-state index is 0.0383. The van der Waals surface area contributed by atoms with Gasteiger partial charge in [0.25, 0.3) is 5.91 Å². The molecule has 2 aromatic rings. The summed E-state index contributed by atoms with van der Waals surface area (Å²) in [6.45, 7) is -2.95. The van der Waals surface area contributed by atoms with E-state index in [-0.39, 0.29) is 39.4 Å². The van der Waals surface area contributed by atoms with Gasteiger partial charge < -0.3 is 15.2 Å². The van der Waals surface area contributed by atoms with Crippen LogP contribution in [0.1, 0.15) is 12.0 Å². The van der Waals surface area contributed by atoms with E-state index in [9.17, 15) is 23.5 Å². The lowest BCUT2D eigenvalue weighted by molar-refractivity contribution is -0.122. The molecule has 1 aliphatic rings. The van der Waals surface area contributed by atoms with E-state index >= 15 is 0 Å². The van der Waals surface area contributed by atoms with Crippen molar-refractivity contribution in [3.05, 3.63) is 59.0 Å². The average Bonchev–Trinajstić information content (AvgIpc) is 2.96. The largest absolute Gasteiger partial charge is 0.506 e. The number of phenolic OH excluding ortho intramolecular Hbond substituents is 1. The summed E-state index contributed by atoms with van der Waals surface area (Å²) in [6, 6.07) is 12.4. The molecule has 1 aliphatic heterocycles. The number of para-hydroxylation sites is 3. The minimum atomic E-state index is -2.99. The first-order valence-electron chi connectivity index (χ1n) is 8.72. The van der Waals surface area contributed by atoms with Gasteiger partial charge in [0.05, 0.1) is 10.6 Å². The molecular weight excluding hydrogens is 434 g/mol. The summed E-state index contributed by atoms with van der Waals surface area (Å²) in [5.41, 5.74) is 0.582. The van der Waals surface area contributed by atoms with Gasteiger partial charge >= 0.3 is 6.61 Å². The summed E-state index contributed by atoms with van der Waals surface area (Å²) in [5, 5.41) is 12.3. The number of hydrogen-bond donors (Lipinski definition) is 2. The fraction of sp³-hybridized carbons (Fsp3) is 0.150. The Morgan fingerprint density at radius 2 is 1.93 bits per heavy atom. The van der Waals surface area contributed by atoms with Gasteiger partial charge in [-0.25, -0.2) is 0 Å². The van der Waals surface area contributed by atoms with Crippen LogP contribution in [-0.4, -0.2) is 39.3 Å². The van der Waals surface area contributed by atoms with Crippen LogP contribution in [0.3, 0.4) is 0 Å². The van der Waals surface area contributed by atoms with Crippen LogP contribution in [0.5, 0.6) is 11.5 Å². The maximum absolute atomic E-state index is 12.7. The molecule has 2 N–H and O–H groups in total. The van der Waals surface area contributed by atoms with E-state index in [1.807, 2.05) is 0 Å². The molecule has 6 nitrogen and oxygen atoms in total. The highest BCUT2D eigenvalue weighted by molar-refractivity contribution is 8.26. The molecule has 3 rings (SSSR count). The molecule has 0 radical (unpaired) electrons. The van der Waals surface area contributed by atoms with Crippen LogP contribution in [0.2, 0.25) is 0 Å². The molecular formula is C20H16F2N2O4S2. The summed E-state index contributed by atoms with van der Waals surface area (Å²) < 4.78 is 29.9. The number of aromatic hydroxyl groups is 1. The fourth-order valence-electron chi connectivity index (χ4n) is 2.64. The summed E-state index contributed by atoms with van der Waals surface area (Å²) in [6.07, 6.45) is 1.39.